The van der Waals surface area contributed by atoms with Crippen LogP contribution in [0.5, 0.6) is 46.0 Å². The zero-order chi connectivity index (χ0) is 95.8. The SMILES string of the molecule is COc1cc(OC)c(C)c(N(CCCCl)c2ccc3ncc(-c4cnn(C)c4)nc3c2)c1.COc1cc(OC)cc(N(CCN2C[C@@H](C)O[C@@H](C)C2)c2ccc3ncc(-c4cnn(C)c4)nc3c2)c1.COc1cc(OC)cc(N(Cc2ccc(Cl)cc2)c2ccc3ncc(-c4cnn(C)c4)nc3c2)c1.COc1cc(OC)cc(N(Cc2cccs2)c2ccc3ncc(-c4cnn(C)c4)nc3c2)c1. The fourth-order valence-corrected chi connectivity index (χ4v) is 17.2. The van der Waals surface area contributed by atoms with Gasteiger partial charge in [0.05, 0.1) is 198 Å². The summed E-state index contributed by atoms with van der Waals surface area (Å²) < 4.78 is 57.3. The summed E-state index contributed by atoms with van der Waals surface area (Å²) in [5.41, 5.74) is 23.4. The van der Waals surface area contributed by atoms with Crippen LogP contribution in [-0.4, -0.2) is 192 Å². The number of benzene rings is 9. The molecule has 1 aliphatic heterocycles. The fourth-order valence-electron chi connectivity index (χ4n) is 16.3. The Morgan fingerprint density at radius 2 is 0.737 bits per heavy atom. The summed E-state index contributed by atoms with van der Waals surface area (Å²) in [4.78, 5) is 50.6. The van der Waals surface area contributed by atoms with Crippen molar-refractivity contribution >= 4 is 124 Å². The second-order valence-corrected chi connectivity index (χ2v) is 34.6. The van der Waals surface area contributed by atoms with E-state index in [-0.39, 0.29) is 12.2 Å². The second kappa shape index (κ2) is 44.0. The van der Waals surface area contributed by atoms with E-state index < -0.39 is 0 Å². The largest absolute Gasteiger partial charge is 0.497 e. The Hall–Kier alpha value is -15.0. The molecule has 18 aromatic rings. The van der Waals surface area contributed by atoms with Gasteiger partial charge in [-0.05, 0) is 129 Å². The van der Waals surface area contributed by atoms with Gasteiger partial charge in [-0.15, -0.1) is 22.9 Å². The standard InChI is InChI=1S/C28H34N6O3.C27H24ClN5O2.C25H23N5O2S.C24H26ClN5O2/c1-19-16-33(17-20(2)37-19)8-9-34(23-10-24(35-4)13-25(11-23)36-5)22-6-7-26-27(12-22)31-28(15-29-26)21-14-30-32(3)18-21;1-32-17-19(14-30-32)27-15-29-25-9-8-21(12-26(25)31-27)33(16-18-4-6-20(28)7-5-18)22-10-23(34-2)13-24(11-22)35-3;1-29-15-17(13-27-29)25-14-26-23-7-6-18(11-24(23)28-25)30(16-22-5-4-8-33-22)19-9-20(31-2)12-21(10-19)32-3;1-16-23(11-19(31-3)12-24(16)32-4)30(9-5-8-25)18-6-7-20-21(10-18)28-22(14-26-20)17-13-27-29(2)15-17/h6-7,10-15,18-20H,8-9,16-17H2,1-5H3;4-15,17H,16H2,1-3H3;4-15H,16H2,1-3H3;6-7,10-15H,5,8-9H2,1-4H3/t19-,20+;;;. The first-order valence-corrected chi connectivity index (χ1v) is 46.2. The van der Waals surface area contributed by atoms with Gasteiger partial charge in [0.25, 0.3) is 0 Å². The lowest BCUT2D eigenvalue weighted by molar-refractivity contribution is -0.0669. The molecular formula is C104H107Cl2N21O9S. The number of aromatic nitrogens is 16. The number of methoxy groups -OCH3 is 8. The van der Waals surface area contributed by atoms with Crippen LogP contribution in [0.25, 0.3) is 89.2 Å². The number of anilines is 8. The van der Waals surface area contributed by atoms with Crippen LogP contribution < -0.4 is 57.5 Å². The van der Waals surface area contributed by atoms with E-state index in [1.54, 1.807) is 137 Å². The van der Waals surface area contributed by atoms with Gasteiger partial charge >= 0.3 is 0 Å². The molecule has 9 aromatic heterocycles. The molecule has 30 nitrogen and oxygen atoms in total. The van der Waals surface area contributed by atoms with Crippen LogP contribution in [-0.2, 0) is 46.0 Å². The molecule has 0 N–H and O–H groups in total. The Bertz CT molecular complexity index is 7110. The second-order valence-electron chi connectivity index (χ2n) is 32.8. The monoisotopic (exact) mass is 1900 g/mol. The van der Waals surface area contributed by atoms with Crippen LogP contribution in [0.1, 0.15) is 36.3 Å². The first kappa shape index (κ1) is 95.1. The lowest BCUT2D eigenvalue weighted by atomic mass is 10.1. The van der Waals surface area contributed by atoms with Crippen LogP contribution in [0.3, 0.4) is 0 Å². The van der Waals surface area contributed by atoms with Crippen LogP contribution in [0, 0.1) is 6.92 Å². The van der Waals surface area contributed by atoms with Gasteiger partial charge in [-0.3, -0.25) is 43.6 Å². The third-order valence-corrected chi connectivity index (χ3v) is 24.5. The predicted molar refractivity (Wildman–Crippen MR) is 543 cm³/mol. The maximum Gasteiger partial charge on any atom is 0.127 e. The van der Waals surface area contributed by atoms with Crippen molar-refractivity contribution in [2.75, 3.05) is 115 Å². The van der Waals surface area contributed by atoms with Gasteiger partial charge in [-0.2, -0.15) is 20.4 Å². The quantitative estimate of drug-likeness (QED) is 0.0378. The number of rotatable bonds is 30. The van der Waals surface area contributed by atoms with E-state index in [0.717, 1.165) is 219 Å². The van der Waals surface area contributed by atoms with Crippen LogP contribution >= 0.6 is 34.5 Å². The van der Waals surface area contributed by atoms with Gasteiger partial charge in [0.1, 0.15) is 46.0 Å². The highest BCUT2D eigenvalue weighted by atomic mass is 35.5. The molecule has 9 aromatic carbocycles. The summed E-state index contributed by atoms with van der Waals surface area (Å²) in [6.07, 6.45) is 23.3. The van der Waals surface area contributed by atoms with Crippen molar-refractivity contribution in [3.05, 3.63) is 277 Å². The number of morpholine rings is 1. The molecular weight excluding hydrogens is 1790 g/mol. The van der Waals surface area contributed by atoms with E-state index >= 15 is 0 Å². The highest BCUT2D eigenvalue weighted by Gasteiger charge is 2.26. The summed E-state index contributed by atoms with van der Waals surface area (Å²) >= 11 is 13.9. The summed E-state index contributed by atoms with van der Waals surface area (Å²) in [5.74, 6) is 6.45. The van der Waals surface area contributed by atoms with Crippen molar-refractivity contribution in [3.8, 4) is 91.0 Å². The summed E-state index contributed by atoms with van der Waals surface area (Å²) in [7, 11) is 20.8. The number of hydrogen-bond donors (Lipinski definition) is 0. The Labute approximate surface area is 809 Å². The highest BCUT2D eigenvalue weighted by molar-refractivity contribution is 7.09. The molecule has 1 fully saturated rings. The van der Waals surface area contributed by atoms with Crippen molar-refractivity contribution in [1.82, 2.24) is 83.9 Å². The molecule has 0 bridgehead atoms. The van der Waals surface area contributed by atoms with E-state index in [1.807, 2.05) is 187 Å². The molecule has 0 amide bonds. The van der Waals surface area contributed by atoms with Crippen molar-refractivity contribution in [2.45, 2.75) is 52.5 Å². The minimum Gasteiger partial charge on any atom is -0.497 e. The number of fused-ring (bicyclic) bond motifs is 4. The number of alkyl halides is 1. The zero-order valence-electron chi connectivity index (χ0n) is 79.0. The summed E-state index contributed by atoms with van der Waals surface area (Å²) in [6.45, 7) is 11.8. The van der Waals surface area contributed by atoms with E-state index in [2.05, 4.69) is 133 Å². The molecule has 137 heavy (non-hydrogen) atoms. The minimum absolute atomic E-state index is 0.218. The average Bonchev–Trinajstić information content (AvgIpc) is 1.45. The van der Waals surface area contributed by atoms with Gasteiger partial charge in [0.2, 0.25) is 0 Å². The van der Waals surface area contributed by atoms with Crippen molar-refractivity contribution in [2.24, 2.45) is 28.2 Å². The molecule has 0 saturated carbocycles. The van der Waals surface area contributed by atoms with Gasteiger partial charge in [-0.1, -0.05) is 29.8 Å². The topological polar surface area (TPSA) is 274 Å². The first-order valence-electron chi connectivity index (χ1n) is 44.4. The molecule has 0 aliphatic carbocycles. The zero-order valence-corrected chi connectivity index (χ0v) is 81.3. The third kappa shape index (κ3) is 23.3. The molecule has 1 saturated heterocycles. The Kier molecular flexibility index (Phi) is 30.5. The number of ether oxygens (including phenoxy) is 9. The number of hydrogen-bond acceptors (Lipinski definition) is 27. The van der Waals surface area contributed by atoms with Crippen LogP contribution in [0.4, 0.5) is 45.5 Å². The normalized spacial score (nSPS) is 12.9. The van der Waals surface area contributed by atoms with Gasteiger partial charge in [0.15, 0.2) is 0 Å². The van der Waals surface area contributed by atoms with E-state index in [4.69, 9.17) is 85.8 Å². The summed E-state index contributed by atoms with van der Waals surface area (Å²) in [5, 5.41) is 19.8. The highest BCUT2D eigenvalue weighted by Crippen LogP contribution is 2.43. The maximum atomic E-state index is 6.13. The molecule has 0 unspecified atom stereocenters. The minimum atomic E-state index is 0.218. The molecule has 33 heteroatoms. The van der Waals surface area contributed by atoms with Crippen molar-refractivity contribution < 1.29 is 42.6 Å². The molecule has 1 aliphatic rings. The van der Waals surface area contributed by atoms with Crippen LogP contribution in [0.15, 0.2) is 256 Å². The molecule has 702 valence electrons. The Balaban J connectivity index is 0.000000132. The van der Waals surface area contributed by atoms with Gasteiger partial charge < -0.3 is 62.2 Å². The first-order chi connectivity index (χ1) is 66.6. The fraction of sp³-hybridized carbons (Fsp3) is 0.250. The Morgan fingerprint density at radius 1 is 0.380 bits per heavy atom. The molecule has 0 spiro atoms. The lowest BCUT2D eigenvalue weighted by Gasteiger charge is -2.37. The molecule has 0 radical (unpaired) electrons. The number of aryl methyl sites for hydroxylation is 4. The number of thiophene rings is 1. The molecule has 10 heterocycles. The van der Waals surface area contributed by atoms with Gasteiger partial charge in [0, 0.05) is 242 Å². The Morgan fingerprint density at radius 3 is 1.08 bits per heavy atom. The predicted octanol–water partition coefficient (Wildman–Crippen LogP) is 20.9. The number of halogens is 2. The number of nitrogens with zero attached hydrogens (tertiary/aromatic N) is 21. The molecule has 2 atom stereocenters. The average molecular weight is 1900 g/mol. The van der Waals surface area contributed by atoms with Crippen molar-refractivity contribution in [3.63, 3.8) is 0 Å². The van der Waals surface area contributed by atoms with Crippen LogP contribution in [0.2, 0.25) is 5.02 Å². The maximum absolute atomic E-state index is 6.13. The molecule has 19 rings (SSSR count). The lowest BCUT2D eigenvalue weighted by Crippen LogP contribution is -2.47. The van der Waals surface area contributed by atoms with Gasteiger partial charge in [-0.25, -0.2) is 19.9 Å². The van der Waals surface area contributed by atoms with E-state index in [0.29, 0.717) is 35.5 Å². The smallest absolute Gasteiger partial charge is 0.127 e. The summed E-state index contributed by atoms with van der Waals surface area (Å²) in [6, 6.07) is 58.2. The van der Waals surface area contributed by atoms with E-state index in [9.17, 15) is 0 Å². The third-order valence-electron chi connectivity index (χ3n) is 23.1. The van der Waals surface area contributed by atoms with Crippen molar-refractivity contribution in [1.29, 1.82) is 0 Å². The van der Waals surface area contributed by atoms with E-state index in [1.165, 1.54) is 4.88 Å².